The molecule has 88 valence electrons. The molecule has 0 atom stereocenters. The second kappa shape index (κ2) is 4.97. The first-order chi connectivity index (χ1) is 7.70. The van der Waals surface area contributed by atoms with Gasteiger partial charge in [-0.15, -0.1) is 0 Å². The number of piperidine rings is 1. The maximum Gasteiger partial charge on any atom is 0.222 e. The van der Waals surface area contributed by atoms with Crippen molar-refractivity contribution in [1.29, 1.82) is 0 Å². The van der Waals surface area contributed by atoms with E-state index in [4.69, 9.17) is 10.5 Å². The maximum absolute atomic E-state index is 5.59. The molecular weight excluding hydrogens is 272 g/mol. The Kier molecular flexibility index (Phi) is 3.60. The molecule has 5 nitrogen and oxygen atoms in total. The minimum Gasteiger partial charge on any atom is -0.381 e. The highest BCUT2D eigenvalue weighted by Crippen LogP contribution is 2.26. The van der Waals surface area contributed by atoms with Crippen LogP contribution in [0.5, 0.6) is 0 Å². The van der Waals surface area contributed by atoms with Crippen molar-refractivity contribution in [2.45, 2.75) is 18.9 Å². The van der Waals surface area contributed by atoms with E-state index in [1.807, 2.05) is 0 Å². The monoisotopic (exact) mass is 286 g/mol. The molecule has 0 amide bonds. The second-order valence-corrected chi connectivity index (χ2v) is 4.68. The van der Waals surface area contributed by atoms with Gasteiger partial charge in [0.15, 0.2) is 0 Å². The third-order valence-corrected chi connectivity index (χ3v) is 3.38. The second-order valence-electron chi connectivity index (χ2n) is 3.82. The fourth-order valence-electron chi connectivity index (χ4n) is 1.90. The van der Waals surface area contributed by atoms with Gasteiger partial charge >= 0.3 is 0 Å². The Morgan fingerprint density at radius 2 is 2.19 bits per heavy atom. The molecular formula is C10H15BrN4O. The number of hydrogen-bond donors (Lipinski definition) is 1. The van der Waals surface area contributed by atoms with Gasteiger partial charge in [-0.3, -0.25) is 0 Å². The first-order valence-electron chi connectivity index (χ1n) is 5.26. The summed E-state index contributed by atoms with van der Waals surface area (Å²) in [4.78, 5) is 10.4. The largest absolute Gasteiger partial charge is 0.381 e. The SMILES string of the molecule is COC1CCN(c2nc(N)ncc2Br)CC1. The van der Waals surface area contributed by atoms with Gasteiger partial charge in [0, 0.05) is 26.4 Å². The number of aromatic nitrogens is 2. The molecule has 0 spiro atoms. The molecule has 6 heteroatoms. The van der Waals surface area contributed by atoms with E-state index >= 15 is 0 Å². The van der Waals surface area contributed by atoms with Gasteiger partial charge in [0.05, 0.1) is 10.6 Å². The molecule has 1 saturated heterocycles. The molecule has 1 fully saturated rings. The van der Waals surface area contributed by atoms with Crippen LogP contribution in [0.4, 0.5) is 11.8 Å². The minimum absolute atomic E-state index is 0.312. The predicted molar refractivity (Wildman–Crippen MR) is 66.4 cm³/mol. The standard InChI is InChI=1S/C10H15BrN4O/c1-16-7-2-4-15(5-3-7)9-8(11)6-13-10(12)14-9/h6-7H,2-5H2,1H3,(H2,12,13,14). The molecule has 1 aromatic heterocycles. The van der Waals surface area contributed by atoms with Gasteiger partial charge in [0.1, 0.15) is 5.82 Å². The van der Waals surface area contributed by atoms with E-state index in [0.29, 0.717) is 12.1 Å². The molecule has 16 heavy (non-hydrogen) atoms. The van der Waals surface area contributed by atoms with Crippen LogP contribution in [0.3, 0.4) is 0 Å². The fraction of sp³-hybridized carbons (Fsp3) is 0.600. The van der Waals surface area contributed by atoms with Crippen LogP contribution >= 0.6 is 15.9 Å². The van der Waals surface area contributed by atoms with Gasteiger partial charge in [-0.05, 0) is 28.8 Å². The number of halogens is 1. The summed E-state index contributed by atoms with van der Waals surface area (Å²) in [7, 11) is 1.76. The predicted octanol–water partition coefficient (Wildman–Crippen LogP) is 1.44. The fourth-order valence-corrected chi connectivity index (χ4v) is 2.34. The molecule has 2 heterocycles. The first-order valence-corrected chi connectivity index (χ1v) is 6.05. The van der Waals surface area contributed by atoms with Crippen LogP contribution in [0.25, 0.3) is 0 Å². The van der Waals surface area contributed by atoms with E-state index in [2.05, 4.69) is 30.8 Å². The minimum atomic E-state index is 0.312. The number of ether oxygens (including phenoxy) is 1. The third-order valence-electron chi connectivity index (χ3n) is 2.82. The van der Waals surface area contributed by atoms with Crippen LogP contribution in [-0.2, 0) is 4.74 Å². The molecule has 1 aromatic rings. The Bertz CT molecular complexity index is 366. The average Bonchev–Trinajstić information content (AvgIpc) is 2.32. The van der Waals surface area contributed by atoms with Crippen LogP contribution in [0.15, 0.2) is 10.7 Å². The number of hydrogen-bond acceptors (Lipinski definition) is 5. The van der Waals surface area contributed by atoms with Gasteiger partial charge < -0.3 is 15.4 Å². The molecule has 0 unspecified atom stereocenters. The smallest absolute Gasteiger partial charge is 0.222 e. The van der Waals surface area contributed by atoms with E-state index in [1.54, 1.807) is 13.3 Å². The van der Waals surface area contributed by atoms with E-state index < -0.39 is 0 Å². The number of nitrogens with zero attached hydrogens (tertiary/aromatic N) is 3. The van der Waals surface area contributed by atoms with E-state index in [9.17, 15) is 0 Å². The number of rotatable bonds is 2. The van der Waals surface area contributed by atoms with Crippen LogP contribution < -0.4 is 10.6 Å². The zero-order valence-corrected chi connectivity index (χ0v) is 10.8. The Morgan fingerprint density at radius 3 is 2.81 bits per heavy atom. The normalized spacial score (nSPS) is 17.8. The molecule has 0 bridgehead atoms. The van der Waals surface area contributed by atoms with Gasteiger partial charge in [-0.1, -0.05) is 0 Å². The molecule has 1 aliphatic rings. The maximum atomic E-state index is 5.59. The highest BCUT2D eigenvalue weighted by atomic mass is 79.9. The summed E-state index contributed by atoms with van der Waals surface area (Å²) in [5, 5.41) is 0. The van der Waals surface area contributed by atoms with Crippen molar-refractivity contribution in [3.8, 4) is 0 Å². The Hall–Kier alpha value is -0.880. The van der Waals surface area contributed by atoms with Gasteiger partial charge in [-0.2, -0.15) is 4.98 Å². The molecule has 0 aliphatic carbocycles. The topological polar surface area (TPSA) is 64.3 Å². The van der Waals surface area contributed by atoms with Crippen LogP contribution in [0.2, 0.25) is 0 Å². The van der Waals surface area contributed by atoms with Crippen molar-refractivity contribution in [3.05, 3.63) is 10.7 Å². The third kappa shape index (κ3) is 2.44. The van der Waals surface area contributed by atoms with Crippen LogP contribution in [0, 0.1) is 0 Å². The Labute approximate surface area is 103 Å². The Morgan fingerprint density at radius 1 is 1.50 bits per heavy atom. The molecule has 0 radical (unpaired) electrons. The summed E-state index contributed by atoms with van der Waals surface area (Å²) < 4.78 is 6.22. The van der Waals surface area contributed by atoms with Crippen molar-refractivity contribution in [2.24, 2.45) is 0 Å². The summed E-state index contributed by atoms with van der Waals surface area (Å²) in [5.74, 6) is 1.19. The lowest BCUT2D eigenvalue weighted by atomic mass is 10.1. The number of nitrogen functional groups attached to an aromatic ring is 1. The molecule has 0 aromatic carbocycles. The van der Waals surface area contributed by atoms with E-state index in [1.165, 1.54) is 0 Å². The average molecular weight is 287 g/mol. The Balaban J connectivity index is 2.10. The molecule has 1 aliphatic heterocycles. The van der Waals surface area contributed by atoms with Crippen molar-refractivity contribution in [1.82, 2.24) is 9.97 Å². The quantitative estimate of drug-likeness (QED) is 0.891. The molecule has 0 saturated carbocycles. The molecule has 2 N–H and O–H groups in total. The van der Waals surface area contributed by atoms with E-state index in [0.717, 1.165) is 36.2 Å². The van der Waals surface area contributed by atoms with Crippen molar-refractivity contribution < 1.29 is 4.74 Å². The van der Waals surface area contributed by atoms with Gasteiger partial charge in [0.25, 0.3) is 0 Å². The lowest BCUT2D eigenvalue weighted by molar-refractivity contribution is 0.0818. The first kappa shape index (κ1) is 11.6. The zero-order valence-electron chi connectivity index (χ0n) is 9.19. The van der Waals surface area contributed by atoms with Crippen molar-refractivity contribution >= 4 is 27.7 Å². The van der Waals surface area contributed by atoms with Crippen molar-refractivity contribution in [2.75, 3.05) is 30.8 Å². The van der Waals surface area contributed by atoms with E-state index in [-0.39, 0.29) is 0 Å². The summed E-state index contributed by atoms with van der Waals surface area (Å²) in [5.41, 5.74) is 5.59. The van der Waals surface area contributed by atoms with Gasteiger partial charge in [-0.25, -0.2) is 4.98 Å². The zero-order chi connectivity index (χ0) is 11.5. The summed E-state index contributed by atoms with van der Waals surface area (Å²) in [6.45, 7) is 1.88. The lowest BCUT2D eigenvalue weighted by Crippen LogP contribution is -2.37. The van der Waals surface area contributed by atoms with Crippen LogP contribution in [0.1, 0.15) is 12.8 Å². The highest BCUT2D eigenvalue weighted by Gasteiger charge is 2.21. The van der Waals surface area contributed by atoms with Gasteiger partial charge in [0.2, 0.25) is 5.95 Å². The van der Waals surface area contributed by atoms with Crippen molar-refractivity contribution in [3.63, 3.8) is 0 Å². The van der Waals surface area contributed by atoms with Crippen LogP contribution in [-0.4, -0.2) is 36.3 Å². The summed E-state index contributed by atoms with van der Waals surface area (Å²) >= 11 is 3.44. The molecule has 2 rings (SSSR count). The summed E-state index contributed by atoms with van der Waals surface area (Å²) in [6.07, 6.45) is 4.11. The number of anilines is 2. The summed E-state index contributed by atoms with van der Waals surface area (Å²) in [6, 6.07) is 0. The number of methoxy groups -OCH3 is 1. The lowest BCUT2D eigenvalue weighted by Gasteiger charge is -2.32. The highest BCUT2D eigenvalue weighted by molar-refractivity contribution is 9.10. The number of nitrogens with two attached hydrogens (primary N) is 1.